The van der Waals surface area contributed by atoms with Gasteiger partial charge in [-0.2, -0.15) is 0 Å². The average Bonchev–Trinajstić information content (AvgIpc) is 2.35. The lowest BCUT2D eigenvalue weighted by Gasteiger charge is -2.08. The Hall–Kier alpha value is -2.48. The quantitative estimate of drug-likeness (QED) is 0.312. The Morgan fingerprint density at radius 3 is 2.33 bits per heavy atom. The van der Waals surface area contributed by atoms with Crippen LogP contribution in [-0.2, 0) is 20.9 Å². The second kappa shape index (κ2) is 5.73. The van der Waals surface area contributed by atoms with Gasteiger partial charge in [-0.25, -0.2) is 4.79 Å². The van der Waals surface area contributed by atoms with Crippen LogP contribution < -0.4 is 11.5 Å². The van der Waals surface area contributed by atoms with Crippen LogP contribution in [0.1, 0.15) is 5.56 Å². The van der Waals surface area contributed by atoms with Gasteiger partial charge in [0.2, 0.25) is 5.91 Å². The first-order chi connectivity index (χ1) is 8.41. The zero-order valence-corrected chi connectivity index (χ0v) is 9.24. The molecule has 0 bridgehead atoms. The molecule has 0 aliphatic rings. The Labute approximate surface area is 102 Å². The predicted octanol–water partition coefficient (Wildman–Crippen LogP) is -0.549. The molecule has 1 aromatic rings. The molecule has 0 aliphatic heterocycles. The van der Waals surface area contributed by atoms with Crippen molar-refractivity contribution in [1.82, 2.24) is 0 Å². The molecule has 96 valence electrons. The molecular weight excluding hydrogens is 242 g/mol. The van der Waals surface area contributed by atoms with E-state index in [1.165, 1.54) is 24.3 Å². The Kier molecular flexibility index (Phi) is 4.33. The van der Waals surface area contributed by atoms with E-state index in [1.54, 1.807) is 0 Å². The number of esters is 1. The fourth-order valence-corrected chi connectivity index (χ4v) is 1.07. The molecule has 0 saturated carbocycles. The van der Waals surface area contributed by atoms with E-state index in [4.69, 9.17) is 16.2 Å². The van der Waals surface area contributed by atoms with Crippen LogP contribution in [0.15, 0.2) is 24.3 Å². The Morgan fingerprint density at radius 1 is 1.33 bits per heavy atom. The third-order valence-corrected chi connectivity index (χ3v) is 2.09. The summed E-state index contributed by atoms with van der Waals surface area (Å²) in [6.07, 6.45) is 0. The van der Waals surface area contributed by atoms with Gasteiger partial charge in [0.1, 0.15) is 6.61 Å². The highest BCUT2D eigenvalue weighted by atomic mass is 16.6. The molecule has 1 unspecified atom stereocenters. The van der Waals surface area contributed by atoms with Crippen molar-refractivity contribution in [3.63, 3.8) is 0 Å². The van der Waals surface area contributed by atoms with Gasteiger partial charge in [-0.05, 0) is 17.7 Å². The lowest BCUT2D eigenvalue weighted by Crippen LogP contribution is -2.44. The largest absolute Gasteiger partial charge is 0.459 e. The van der Waals surface area contributed by atoms with Crippen LogP contribution in [0.2, 0.25) is 0 Å². The average molecular weight is 253 g/mol. The maximum Gasteiger partial charge on any atom is 0.333 e. The van der Waals surface area contributed by atoms with Crippen LogP contribution >= 0.6 is 0 Å². The fourth-order valence-electron chi connectivity index (χ4n) is 1.07. The van der Waals surface area contributed by atoms with Crippen molar-refractivity contribution >= 4 is 17.6 Å². The van der Waals surface area contributed by atoms with Gasteiger partial charge in [-0.15, -0.1) is 0 Å². The molecule has 0 spiro atoms. The number of benzene rings is 1. The van der Waals surface area contributed by atoms with E-state index in [9.17, 15) is 19.7 Å². The van der Waals surface area contributed by atoms with Crippen molar-refractivity contribution in [2.24, 2.45) is 11.5 Å². The maximum absolute atomic E-state index is 11.2. The highest BCUT2D eigenvalue weighted by Gasteiger charge is 2.20. The van der Waals surface area contributed by atoms with E-state index in [-0.39, 0.29) is 12.3 Å². The van der Waals surface area contributed by atoms with Crippen LogP contribution in [0.3, 0.4) is 0 Å². The Bertz CT molecular complexity index is 471. The minimum Gasteiger partial charge on any atom is -0.459 e. The van der Waals surface area contributed by atoms with Crippen molar-refractivity contribution in [2.45, 2.75) is 12.6 Å². The van der Waals surface area contributed by atoms with Crippen molar-refractivity contribution in [3.05, 3.63) is 39.9 Å². The van der Waals surface area contributed by atoms with Crippen molar-refractivity contribution in [1.29, 1.82) is 0 Å². The molecule has 18 heavy (non-hydrogen) atoms. The summed E-state index contributed by atoms with van der Waals surface area (Å²) in [4.78, 5) is 31.6. The molecule has 4 N–H and O–H groups in total. The molecule has 1 amide bonds. The standard InChI is InChI=1S/C10H11N3O5/c11-8(9(12)14)10(15)18-5-6-1-3-7(4-2-6)13(16)17/h1-4,8H,5,11H2,(H2,12,14). The summed E-state index contributed by atoms with van der Waals surface area (Å²) < 4.78 is 4.72. The molecule has 1 rings (SSSR count). The summed E-state index contributed by atoms with van der Waals surface area (Å²) in [5.74, 6) is -1.93. The number of nitrogens with zero attached hydrogens (tertiary/aromatic N) is 1. The summed E-state index contributed by atoms with van der Waals surface area (Å²) >= 11 is 0. The second-order valence-corrected chi connectivity index (χ2v) is 3.41. The van der Waals surface area contributed by atoms with Gasteiger partial charge in [0, 0.05) is 12.1 Å². The van der Waals surface area contributed by atoms with E-state index in [0.29, 0.717) is 5.56 Å². The molecule has 0 radical (unpaired) electrons. The van der Waals surface area contributed by atoms with Crippen molar-refractivity contribution < 1.29 is 19.2 Å². The topological polar surface area (TPSA) is 139 Å². The third kappa shape index (κ3) is 3.52. The SMILES string of the molecule is NC(=O)C(N)C(=O)OCc1ccc([N+](=O)[O-])cc1. The zero-order valence-electron chi connectivity index (χ0n) is 9.24. The van der Waals surface area contributed by atoms with Gasteiger partial charge in [0.15, 0.2) is 6.04 Å². The van der Waals surface area contributed by atoms with Gasteiger partial charge in [0.05, 0.1) is 4.92 Å². The number of nitrogens with two attached hydrogens (primary N) is 2. The Balaban J connectivity index is 2.56. The minimum absolute atomic E-state index is 0.0705. The molecule has 8 heteroatoms. The number of carbonyl (C=O) groups excluding carboxylic acids is 2. The fraction of sp³-hybridized carbons (Fsp3) is 0.200. The maximum atomic E-state index is 11.2. The van der Waals surface area contributed by atoms with Gasteiger partial charge < -0.3 is 16.2 Å². The molecule has 0 aliphatic carbocycles. The van der Waals surface area contributed by atoms with E-state index >= 15 is 0 Å². The number of non-ortho nitro benzene ring substituents is 1. The van der Waals surface area contributed by atoms with E-state index < -0.39 is 22.8 Å². The monoisotopic (exact) mass is 253 g/mol. The molecular formula is C10H11N3O5. The number of hydrogen-bond donors (Lipinski definition) is 2. The third-order valence-electron chi connectivity index (χ3n) is 2.09. The molecule has 1 aromatic carbocycles. The first-order valence-electron chi connectivity index (χ1n) is 4.86. The van der Waals surface area contributed by atoms with Crippen molar-refractivity contribution in [2.75, 3.05) is 0 Å². The number of primary amides is 1. The summed E-state index contributed by atoms with van der Waals surface area (Å²) in [5.41, 5.74) is 10.4. The number of nitro groups is 1. The van der Waals surface area contributed by atoms with Crippen LogP contribution in [0.4, 0.5) is 5.69 Å². The molecule has 0 saturated heterocycles. The number of amides is 1. The normalized spacial score (nSPS) is 11.6. The number of carbonyl (C=O) groups is 2. The summed E-state index contributed by atoms with van der Waals surface area (Å²) in [6, 6.07) is 3.90. The molecule has 0 heterocycles. The highest BCUT2D eigenvalue weighted by Crippen LogP contribution is 2.12. The zero-order chi connectivity index (χ0) is 13.7. The number of hydrogen-bond acceptors (Lipinski definition) is 6. The predicted molar refractivity (Wildman–Crippen MR) is 60.1 cm³/mol. The molecule has 0 aromatic heterocycles. The van der Waals surface area contributed by atoms with Crippen molar-refractivity contribution in [3.8, 4) is 0 Å². The second-order valence-electron chi connectivity index (χ2n) is 3.41. The Morgan fingerprint density at radius 2 is 1.89 bits per heavy atom. The summed E-state index contributed by atoms with van der Waals surface area (Å²) in [6.45, 7) is -0.141. The number of rotatable bonds is 5. The van der Waals surface area contributed by atoms with Crippen LogP contribution in [0.5, 0.6) is 0 Å². The van der Waals surface area contributed by atoms with E-state index in [1.807, 2.05) is 0 Å². The summed E-state index contributed by atoms with van der Waals surface area (Å²) in [5, 5.41) is 10.4. The van der Waals surface area contributed by atoms with Crippen LogP contribution in [0.25, 0.3) is 0 Å². The molecule has 8 nitrogen and oxygen atoms in total. The van der Waals surface area contributed by atoms with Gasteiger partial charge in [-0.1, -0.05) is 0 Å². The van der Waals surface area contributed by atoms with E-state index in [2.05, 4.69) is 0 Å². The van der Waals surface area contributed by atoms with Crippen LogP contribution in [0, 0.1) is 10.1 Å². The van der Waals surface area contributed by atoms with Crippen LogP contribution in [-0.4, -0.2) is 22.8 Å². The number of ether oxygens (including phenoxy) is 1. The lowest BCUT2D eigenvalue weighted by atomic mass is 10.2. The first kappa shape index (κ1) is 13.6. The molecule has 1 atom stereocenters. The highest BCUT2D eigenvalue weighted by molar-refractivity contribution is 6.00. The van der Waals surface area contributed by atoms with Gasteiger partial charge in [-0.3, -0.25) is 14.9 Å². The number of nitro benzene ring substituents is 1. The first-order valence-corrected chi connectivity index (χ1v) is 4.86. The lowest BCUT2D eigenvalue weighted by molar-refractivity contribution is -0.384. The summed E-state index contributed by atoms with van der Waals surface area (Å²) in [7, 11) is 0. The van der Waals surface area contributed by atoms with E-state index in [0.717, 1.165) is 0 Å². The van der Waals surface area contributed by atoms with Gasteiger partial charge in [0.25, 0.3) is 5.69 Å². The van der Waals surface area contributed by atoms with Gasteiger partial charge >= 0.3 is 5.97 Å². The minimum atomic E-state index is -1.51. The smallest absolute Gasteiger partial charge is 0.333 e. The molecule has 0 fully saturated rings.